The van der Waals surface area contributed by atoms with Crippen LogP contribution in [0, 0.1) is 18.3 Å². The highest BCUT2D eigenvalue weighted by molar-refractivity contribution is 6.02. The third kappa shape index (κ3) is 5.76. The number of hydrogen-bond donors (Lipinski definition) is 3. The Morgan fingerprint density at radius 3 is 2.43 bits per heavy atom. The Balaban J connectivity index is 1.62. The number of rotatable bonds is 5. The van der Waals surface area contributed by atoms with Gasteiger partial charge in [0.15, 0.2) is 0 Å². The number of nitrogens with one attached hydrogen (secondary N) is 3. The molecule has 0 bridgehead atoms. The first kappa shape index (κ1) is 21.2. The van der Waals surface area contributed by atoms with Crippen LogP contribution in [0.3, 0.4) is 0 Å². The number of hydrogen-bond acceptors (Lipinski definition) is 6. The van der Waals surface area contributed by atoms with E-state index in [1.54, 1.807) is 58.2 Å². The van der Waals surface area contributed by atoms with Crippen molar-refractivity contribution in [2.75, 3.05) is 10.6 Å². The van der Waals surface area contributed by atoms with Gasteiger partial charge >= 0.3 is 6.03 Å². The van der Waals surface area contributed by atoms with Gasteiger partial charge in [0, 0.05) is 23.6 Å². The largest absolute Gasteiger partial charge is 0.455 e. The molecule has 2 aromatic rings. The molecule has 2 aromatic heterocycles. The van der Waals surface area contributed by atoms with Gasteiger partial charge in [0.05, 0.1) is 5.69 Å². The second-order valence-corrected chi connectivity index (χ2v) is 8.18. The quantitative estimate of drug-likeness (QED) is 0.691. The first-order chi connectivity index (χ1) is 14.1. The van der Waals surface area contributed by atoms with Crippen LogP contribution in [0.5, 0.6) is 11.5 Å². The predicted molar refractivity (Wildman–Crippen MR) is 111 cm³/mol. The Labute approximate surface area is 174 Å². The van der Waals surface area contributed by atoms with Crippen molar-refractivity contribution in [3.8, 4) is 11.5 Å². The van der Waals surface area contributed by atoms with Crippen LogP contribution in [0.4, 0.5) is 16.4 Å². The van der Waals surface area contributed by atoms with Gasteiger partial charge in [-0.2, -0.15) is 0 Å². The average molecular weight is 411 g/mol. The number of carbonyl (C=O) groups is 3. The van der Waals surface area contributed by atoms with Gasteiger partial charge in [0.2, 0.25) is 11.8 Å². The highest BCUT2D eigenvalue weighted by Crippen LogP contribution is 2.31. The third-order valence-corrected chi connectivity index (χ3v) is 4.35. The molecular weight excluding hydrogens is 386 g/mol. The molecule has 9 nitrogen and oxygen atoms in total. The van der Waals surface area contributed by atoms with E-state index in [4.69, 9.17) is 4.74 Å². The molecular formula is C21H25N5O4. The van der Waals surface area contributed by atoms with Gasteiger partial charge in [-0.15, -0.1) is 0 Å². The second kappa shape index (κ2) is 8.48. The molecule has 3 N–H and O–H groups in total. The van der Waals surface area contributed by atoms with Gasteiger partial charge in [-0.3, -0.25) is 20.2 Å². The molecule has 0 spiro atoms. The van der Waals surface area contributed by atoms with E-state index in [0.717, 1.165) is 12.8 Å². The number of nitrogens with zero attached hydrogens (tertiary/aromatic N) is 2. The highest BCUT2D eigenvalue weighted by Gasteiger charge is 2.29. The Hall–Kier alpha value is -3.49. The molecule has 1 aliphatic rings. The van der Waals surface area contributed by atoms with E-state index in [1.807, 2.05) is 0 Å². The second-order valence-electron chi connectivity index (χ2n) is 8.18. The summed E-state index contributed by atoms with van der Waals surface area (Å²) in [5, 5.41) is 7.58. The summed E-state index contributed by atoms with van der Waals surface area (Å²) < 4.78 is 5.84. The zero-order chi connectivity index (χ0) is 21.9. The standard InChI is InChI=1S/C21H25N5O4/c1-12-15(7-8-16(23-12)25-20(29)26-19(28)21(2,3)4)30-14-9-10-22-17(11-14)24-18(27)13-5-6-13/h7-11,13H,5-6H2,1-4H3,(H,22,24,27)(H2,23,25,26,28,29). The summed E-state index contributed by atoms with van der Waals surface area (Å²) in [6, 6.07) is 5.88. The van der Waals surface area contributed by atoms with E-state index in [-0.39, 0.29) is 23.6 Å². The fraction of sp³-hybridized carbons (Fsp3) is 0.381. The van der Waals surface area contributed by atoms with Gasteiger partial charge in [-0.05, 0) is 38.0 Å². The van der Waals surface area contributed by atoms with Gasteiger partial charge in [-0.25, -0.2) is 14.8 Å². The molecule has 1 aliphatic carbocycles. The van der Waals surface area contributed by atoms with E-state index >= 15 is 0 Å². The maximum absolute atomic E-state index is 12.0. The Morgan fingerprint density at radius 2 is 1.80 bits per heavy atom. The first-order valence-corrected chi connectivity index (χ1v) is 9.66. The smallest absolute Gasteiger partial charge is 0.327 e. The minimum Gasteiger partial charge on any atom is -0.455 e. The van der Waals surface area contributed by atoms with E-state index in [9.17, 15) is 14.4 Å². The molecule has 0 saturated heterocycles. The molecule has 3 rings (SSSR count). The van der Waals surface area contributed by atoms with Gasteiger partial charge in [-0.1, -0.05) is 20.8 Å². The maximum atomic E-state index is 12.0. The number of amides is 4. The van der Waals surface area contributed by atoms with Crippen LogP contribution in [-0.2, 0) is 9.59 Å². The van der Waals surface area contributed by atoms with Crippen molar-refractivity contribution in [2.45, 2.75) is 40.5 Å². The first-order valence-electron chi connectivity index (χ1n) is 9.66. The molecule has 2 heterocycles. The van der Waals surface area contributed by atoms with Crippen LogP contribution in [-0.4, -0.2) is 27.8 Å². The van der Waals surface area contributed by atoms with Crippen LogP contribution in [0.1, 0.15) is 39.3 Å². The molecule has 0 unspecified atom stereocenters. The Bertz CT molecular complexity index is 980. The summed E-state index contributed by atoms with van der Waals surface area (Å²) in [5.74, 6) is 1.35. The normalized spacial score (nSPS) is 13.3. The summed E-state index contributed by atoms with van der Waals surface area (Å²) in [5.41, 5.74) is -0.143. The minimum atomic E-state index is -0.681. The van der Waals surface area contributed by atoms with Crippen molar-refractivity contribution in [2.24, 2.45) is 11.3 Å². The lowest BCUT2D eigenvalue weighted by Gasteiger charge is -2.17. The topological polar surface area (TPSA) is 122 Å². The lowest BCUT2D eigenvalue weighted by molar-refractivity contribution is -0.127. The predicted octanol–water partition coefficient (Wildman–Crippen LogP) is 3.62. The maximum Gasteiger partial charge on any atom is 0.327 e. The van der Waals surface area contributed by atoms with Crippen molar-refractivity contribution >= 4 is 29.5 Å². The lowest BCUT2D eigenvalue weighted by atomic mass is 9.96. The van der Waals surface area contributed by atoms with Crippen molar-refractivity contribution in [1.29, 1.82) is 0 Å². The van der Waals surface area contributed by atoms with Crippen LogP contribution in [0.2, 0.25) is 0 Å². The summed E-state index contributed by atoms with van der Waals surface area (Å²) in [6.07, 6.45) is 3.37. The van der Waals surface area contributed by atoms with Crippen LogP contribution in [0.25, 0.3) is 0 Å². The number of aryl methyl sites for hydroxylation is 1. The van der Waals surface area contributed by atoms with E-state index in [2.05, 4.69) is 25.9 Å². The zero-order valence-corrected chi connectivity index (χ0v) is 17.4. The third-order valence-electron chi connectivity index (χ3n) is 4.35. The molecule has 158 valence electrons. The number of aromatic nitrogens is 2. The van der Waals surface area contributed by atoms with Crippen molar-refractivity contribution in [3.05, 3.63) is 36.2 Å². The molecule has 1 saturated carbocycles. The lowest BCUT2D eigenvalue weighted by Crippen LogP contribution is -2.41. The van der Waals surface area contributed by atoms with Crippen LogP contribution < -0.4 is 20.7 Å². The average Bonchev–Trinajstić information content (AvgIpc) is 3.49. The van der Waals surface area contributed by atoms with E-state index in [1.165, 1.54) is 0 Å². The SMILES string of the molecule is Cc1nc(NC(=O)NC(=O)C(C)(C)C)ccc1Oc1ccnc(NC(=O)C2CC2)c1. The number of pyridine rings is 2. The summed E-state index contributed by atoms with van der Waals surface area (Å²) >= 11 is 0. The monoisotopic (exact) mass is 411 g/mol. The molecule has 30 heavy (non-hydrogen) atoms. The number of urea groups is 1. The molecule has 0 radical (unpaired) electrons. The van der Waals surface area contributed by atoms with Gasteiger partial charge < -0.3 is 10.1 Å². The van der Waals surface area contributed by atoms with Crippen molar-refractivity contribution < 1.29 is 19.1 Å². The number of anilines is 2. The molecule has 9 heteroatoms. The number of ether oxygens (including phenoxy) is 1. The summed E-state index contributed by atoms with van der Waals surface area (Å²) in [4.78, 5) is 44.2. The Kier molecular flexibility index (Phi) is 6.00. The molecule has 0 aromatic carbocycles. The highest BCUT2D eigenvalue weighted by atomic mass is 16.5. The fourth-order valence-electron chi connectivity index (χ4n) is 2.41. The van der Waals surface area contributed by atoms with E-state index < -0.39 is 11.4 Å². The summed E-state index contributed by atoms with van der Waals surface area (Å²) in [7, 11) is 0. The van der Waals surface area contributed by atoms with E-state index in [0.29, 0.717) is 23.0 Å². The number of imide groups is 1. The fourth-order valence-corrected chi connectivity index (χ4v) is 2.41. The molecule has 1 fully saturated rings. The van der Waals surface area contributed by atoms with Gasteiger partial charge in [0.25, 0.3) is 0 Å². The van der Waals surface area contributed by atoms with Crippen molar-refractivity contribution in [1.82, 2.24) is 15.3 Å². The molecule has 0 aliphatic heterocycles. The number of carbonyl (C=O) groups excluding carboxylic acids is 3. The molecule has 0 atom stereocenters. The van der Waals surface area contributed by atoms with Gasteiger partial charge in [0.1, 0.15) is 23.1 Å². The van der Waals surface area contributed by atoms with Crippen molar-refractivity contribution in [3.63, 3.8) is 0 Å². The minimum absolute atomic E-state index is 0.0313. The van der Waals surface area contributed by atoms with Crippen LogP contribution in [0.15, 0.2) is 30.5 Å². The van der Waals surface area contributed by atoms with Crippen LogP contribution >= 0.6 is 0 Å². The zero-order valence-electron chi connectivity index (χ0n) is 17.4. The Morgan fingerprint density at radius 1 is 1.07 bits per heavy atom. The summed E-state index contributed by atoms with van der Waals surface area (Å²) in [6.45, 7) is 6.87. The molecule has 4 amide bonds.